The molecule has 0 unspecified atom stereocenters. The molecule has 0 aliphatic rings. The lowest BCUT2D eigenvalue weighted by atomic mass is 10.00. The number of ether oxygens (including phenoxy) is 1. The third-order valence-corrected chi connectivity index (χ3v) is 5.79. The molecule has 0 amide bonds. The molecular weight excluding hydrogens is 408 g/mol. The summed E-state index contributed by atoms with van der Waals surface area (Å²) in [5.41, 5.74) is 2.62. The van der Waals surface area contributed by atoms with E-state index in [9.17, 15) is 13.6 Å². The van der Waals surface area contributed by atoms with E-state index in [1.54, 1.807) is 23.2 Å². The van der Waals surface area contributed by atoms with Crippen LogP contribution in [0.2, 0.25) is 0 Å². The normalized spacial score (nSPS) is 11.2. The molecule has 4 aromatic rings. The van der Waals surface area contributed by atoms with Gasteiger partial charge in [-0.2, -0.15) is 5.10 Å². The van der Waals surface area contributed by atoms with Crippen LogP contribution in [0.1, 0.15) is 20.8 Å². The van der Waals surface area contributed by atoms with Gasteiger partial charge in [-0.3, -0.25) is 4.68 Å². The zero-order chi connectivity index (χ0) is 21.3. The Balaban J connectivity index is 1.55. The number of rotatable bonds is 6. The number of hydrogen-bond acceptors (Lipinski definition) is 5. The van der Waals surface area contributed by atoms with Crippen molar-refractivity contribution >= 4 is 28.2 Å². The zero-order valence-corrected chi connectivity index (χ0v) is 17.2. The maximum Gasteiger partial charge on any atom is 0.348 e. The highest BCUT2D eigenvalue weighted by Crippen LogP contribution is 2.30. The molecule has 5 nitrogen and oxygen atoms in total. The Hall–Kier alpha value is -3.10. The topological polar surface area (TPSA) is 56.1 Å². The molecule has 30 heavy (non-hydrogen) atoms. The van der Waals surface area contributed by atoms with Gasteiger partial charge in [0.2, 0.25) is 0 Å². The fourth-order valence-electron chi connectivity index (χ4n) is 3.41. The molecule has 8 heteroatoms. The van der Waals surface area contributed by atoms with Crippen LogP contribution in [0.5, 0.6) is 0 Å². The van der Waals surface area contributed by atoms with Crippen LogP contribution in [0.15, 0.2) is 48.0 Å². The smallest absolute Gasteiger partial charge is 0.348 e. The second kappa shape index (κ2) is 8.33. The number of halogens is 2. The van der Waals surface area contributed by atoms with Crippen molar-refractivity contribution in [2.24, 2.45) is 7.05 Å². The van der Waals surface area contributed by atoms with E-state index in [1.165, 1.54) is 30.6 Å². The van der Waals surface area contributed by atoms with Crippen molar-refractivity contribution in [1.82, 2.24) is 15.1 Å². The van der Waals surface area contributed by atoms with Crippen LogP contribution < -0.4 is 5.32 Å². The summed E-state index contributed by atoms with van der Waals surface area (Å²) in [7, 11) is 3.12. The molecule has 2 aromatic heterocycles. The number of fused-ring (bicyclic) bond motifs is 1. The molecule has 0 saturated heterocycles. The third-order valence-electron chi connectivity index (χ3n) is 4.85. The van der Waals surface area contributed by atoms with E-state index in [1.807, 2.05) is 24.4 Å². The van der Waals surface area contributed by atoms with E-state index in [2.05, 4.69) is 10.4 Å². The standard InChI is InChI=1S/C22H19F2N3O2S/c1-27-12-17-15(4-3-5-20(17)26-27)14-8-18(23)16(19(24)9-14)11-25-10-13-6-7-30-21(13)22(28)29-2/h3-9,12,25H,10-11H2,1-2H3. The van der Waals surface area contributed by atoms with Crippen LogP contribution in [0.4, 0.5) is 8.78 Å². The fourth-order valence-corrected chi connectivity index (χ4v) is 4.25. The summed E-state index contributed by atoms with van der Waals surface area (Å²) in [6.45, 7) is 0.287. The van der Waals surface area contributed by atoms with Crippen LogP contribution in [-0.4, -0.2) is 22.9 Å². The van der Waals surface area contributed by atoms with Crippen molar-refractivity contribution in [2.45, 2.75) is 13.1 Å². The molecule has 0 saturated carbocycles. The lowest BCUT2D eigenvalue weighted by molar-refractivity contribution is 0.0605. The molecule has 0 radical (unpaired) electrons. The van der Waals surface area contributed by atoms with Gasteiger partial charge in [0.1, 0.15) is 16.5 Å². The lowest BCUT2D eigenvalue weighted by Crippen LogP contribution is -2.16. The summed E-state index contributed by atoms with van der Waals surface area (Å²) in [5, 5.41) is 9.95. The number of aromatic nitrogens is 2. The Morgan fingerprint density at radius 1 is 1.20 bits per heavy atom. The van der Waals surface area contributed by atoms with Crippen LogP contribution in [0.3, 0.4) is 0 Å². The number of hydrogen-bond donors (Lipinski definition) is 1. The number of nitrogens with one attached hydrogen (secondary N) is 1. The summed E-state index contributed by atoms with van der Waals surface area (Å²) >= 11 is 1.27. The molecule has 2 heterocycles. The SMILES string of the molecule is COC(=O)c1sccc1CNCc1c(F)cc(-c2cccc3nn(C)cc23)cc1F. The number of esters is 1. The molecular formula is C22H19F2N3O2S. The van der Waals surface area contributed by atoms with Gasteiger partial charge in [0.25, 0.3) is 0 Å². The van der Waals surface area contributed by atoms with E-state index < -0.39 is 17.6 Å². The minimum Gasteiger partial charge on any atom is -0.465 e. The first-order chi connectivity index (χ1) is 14.5. The van der Waals surface area contributed by atoms with Gasteiger partial charge >= 0.3 is 5.97 Å². The molecule has 4 rings (SSSR count). The van der Waals surface area contributed by atoms with Gasteiger partial charge < -0.3 is 10.1 Å². The first-order valence-electron chi connectivity index (χ1n) is 9.24. The molecule has 2 aromatic carbocycles. The third kappa shape index (κ3) is 3.83. The summed E-state index contributed by atoms with van der Waals surface area (Å²) in [6.07, 6.45) is 1.83. The van der Waals surface area contributed by atoms with Gasteiger partial charge in [-0.25, -0.2) is 13.6 Å². The monoisotopic (exact) mass is 427 g/mol. The van der Waals surface area contributed by atoms with Gasteiger partial charge in [0, 0.05) is 37.3 Å². The van der Waals surface area contributed by atoms with Crippen LogP contribution in [0.25, 0.3) is 22.0 Å². The van der Waals surface area contributed by atoms with E-state index in [-0.39, 0.29) is 12.1 Å². The fraction of sp³-hybridized carbons (Fsp3) is 0.182. The van der Waals surface area contributed by atoms with Gasteiger partial charge in [-0.05, 0) is 46.3 Å². The minimum atomic E-state index is -0.628. The molecule has 0 spiro atoms. The number of methoxy groups -OCH3 is 1. The van der Waals surface area contributed by atoms with E-state index >= 15 is 0 Å². The molecule has 0 fully saturated rings. The highest BCUT2D eigenvalue weighted by atomic mass is 32.1. The summed E-state index contributed by atoms with van der Waals surface area (Å²) in [4.78, 5) is 12.2. The van der Waals surface area contributed by atoms with Crippen molar-refractivity contribution in [3.05, 3.63) is 75.6 Å². The maximum absolute atomic E-state index is 14.8. The summed E-state index contributed by atoms with van der Waals surface area (Å²) < 4.78 is 35.9. The number of thiophene rings is 1. The van der Waals surface area contributed by atoms with Gasteiger partial charge in [0.15, 0.2) is 0 Å². The van der Waals surface area contributed by atoms with Gasteiger partial charge in [-0.15, -0.1) is 11.3 Å². The average molecular weight is 427 g/mol. The molecule has 1 N–H and O–H groups in total. The number of benzene rings is 2. The van der Waals surface area contributed by atoms with E-state index in [0.29, 0.717) is 17.0 Å². The number of carbonyl (C=O) groups excluding carboxylic acids is 1. The number of nitrogens with zero attached hydrogens (tertiary/aromatic N) is 2. The van der Waals surface area contributed by atoms with Crippen molar-refractivity contribution in [1.29, 1.82) is 0 Å². The van der Waals surface area contributed by atoms with Crippen molar-refractivity contribution < 1.29 is 18.3 Å². The largest absolute Gasteiger partial charge is 0.465 e. The maximum atomic E-state index is 14.8. The van der Waals surface area contributed by atoms with Crippen LogP contribution in [0, 0.1) is 11.6 Å². The number of aryl methyl sites for hydroxylation is 1. The average Bonchev–Trinajstić information content (AvgIpc) is 3.34. The first kappa shape index (κ1) is 20.2. The van der Waals surface area contributed by atoms with E-state index in [4.69, 9.17) is 4.74 Å². The first-order valence-corrected chi connectivity index (χ1v) is 10.1. The van der Waals surface area contributed by atoms with Gasteiger partial charge in [0.05, 0.1) is 12.6 Å². The predicted molar refractivity (Wildman–Crippen MR) is 112 cm³/mol. The Bertz CT molecular complexity index is 1210. The highest BCUT2D eigenvalue weighted by molar-refractivity contribution is 7.12. The van der Waals surface area contributed by atoms with Crippen LogP contribution in [-0.2, 0) is 24.9 Å². The molecule has 154 valence electrons. The van der Waals surface area contributed by atoms with Crippen molar-refractivity contribution in [2.75, 3.05) is 7.11 Å². The minimum absolute atomic E-state index is 0.00843. The predicted octanol–water partition coefficient (Wildman–Crippen LogP) is 4.66. The van der Waals surface area contributed by atoms with Crippen LogP contribution >= 0.6 is 11.3 Å². The van der Waals surface area contributed by atoms with Gasteiger partial charge in [-0.1, -0.05) is 12.1 Å². The molecule has 0 bridgehead atoms. The van der Waals surface area contributed by atoms with Crippen molar-refractivity contribution in [3.63, 3.8) is 0 Å². The zero-order valence-electron chi connectivity index (χ0n) is 16.4. The van der Waals surface area contributed by atoms with Crippen molar-refractivity contribution in [3.8, 4) is 11.1 Å². The Labute approximate surface area is 175 Å². The Morgan fingerprint density at radius 3 is 2.70 bits per heavy atom. The lowest BCUT2D eigenvalue weighted by Gasteiger charge is -2.11. The molecule has 0 atom stereocenters. The second-order valence-electron chi connectivity index (χ2n) is 6.83. The highest BCUT2D eigenvalue weighted by Gasteiger charge is 2.16. The molecule has 0 aliphatic heterocycles. The van der Waals surface area contributed by atoms with E-state index in [0.717, 1.165) is 22.0 Å². The Kier molecular flexibility index (Phi) is 5.61. The molecule has 0 aliphatic carbocycles. The summed E-state index contributed by atoms with van der Waals surface area (Å²) in [5.74, 6) is -1.68. The summed E-state index contributed by atoms with van der Waals surface area (Å²) in [6, 6.07) is 9.96. The Morgan fingerprint density at radius 2 is 1.97 bits per heavy atom. The number of carbonyl (C=O) groups is 1. The second-order valence-corrected chi connectivity index (χ2v) is 7.75. The quantitative estimate of drug-likeness (QED) is 0.455.